The number of ether oxygens (including phenoxy) is 3. The van der Waals surface area contributed by atoms with Gasteiger partial charge in [0.25, 0.3) is 0 Å². The number of benzene rings is 3. The third kappa shape index (κ3) is 3.41. The van der Waals surface area contributed by atoms with Gasteiger partial charge in [-0.2, -0.15) is 10.1 Å². The van der Waals surface area contributed by atoms with Crippen LogP contribution in [0.25, 0.3) is 5.70 Å². The van der Waals surface area contributed by atoms with Crippen LogP contribution in [0.15, 0.2) is 72.6 Å². The fourth-order valence-corrected chi connectivity index (χ4v) is 4.84. The zero-order chi connectivity index (χ0) is 24.1. The van der Waals surface area contributed by atoms with Gasteiger partial charge in [-0.25, -0.2) is 9.07 Å². The van der Waals surface area contributed by atoms with Gasteiger partial charge in [0.2, 0.25) is 5.95 Å². The van der Waals surface area contributed by atoms with Gasteiger partial charge in [-0.15, -0.1) is 0 Å². The van der Waals surface area contributed by atoms with Crippen molar-refractivity contribution in [2.45, 2.75) is 19.1 Å². The molecule has 0 spiro atoms. The quantitative estimate of drug-likeness (QED) is 0.436. The number of halogens is 1. The van der Waals surface area contributed by atoms with E-state index in [9.17, 15) is 4.39 Å². The van der Waals surface area contributed by atoms with Crippen LogP contribution in [0, 0.1) is 12.7 Å². The van der Waals surface area contributed by atoms with Gasteiger partial charge in [0.15, 0.2) is 6.10 Å². The molecule has 2 aliphatic heterocycles. The first-order valence-corrected chi connectivity index (χ1v) is 11.2. The lowest BCUT2D eigenvalue weighted by molar-refractivity contribution is 0.217. The lowest BCUT2D eigenvalue weighted by Crippen LogP contribution is -2.32. The Morgan fingerprint density at radius 1 is 1.00 bits per heavy atom. The fraction of sp³-hybridized carbons (Fsp3) is 0.185. The zero-order valence-corrected chi connectivity index (χ0v) is 19.4. The molecule has 0 aliphatic carbocycles. The lowest BCUT2D eigenvalue weighted by Gasteiger charge is -2.39. The Morgan fingerprint density at radius 3 is 2.60 bits per heavy atom. The highest BCUT2D eigenvalue weighted by molar-refractivity contribution is 5.85. The summed E-state index contributed by atoms with van der Waals surface area (Å²) < 4.78 is 33.5. The summed E-state index contributed by atoms with van der Waals surface area (Å²) in [4.78, 5) is 4.44. The summed E-state index contributed by atoms with van der Waals surface area (Å²) >= 11 is 0. The minimum absolute atomic E-state index is 0.301. The molecule has 0 saturated carbocycles. The van der Waals surface area contributed by atoms with Gasteiger partial charge in [0.05, 0.1) is 19.9 Å². The van der Waals surface area contributed by atoms with E-state index in [4.69, 9.17) is 14.2 Å². The number of aromatic nitrogens is 3. The van der Waals surface area contributed by atoms with Crippen LogP contribution in [-0.2, 0) is 0 Å². The molecule has 2 aliphatic rings. The van der Waals surface area contributed by atoms with Gasteiger partial charge in [0, 0.05) is 22.8 Å². The van der Waals surface area contributed by atoms with Gasteiger partial charge >= 0.3 is 0 Å². The molecule has 1 N–H and O–H groups in total. The third-order valence-corrected chi connectivity index (χ3v) is 6.48. The largest absolute Gasteiger partial charge is 0.497 e. The van der Waals surface area contributed by atoms with E-state index < -0.39 is 6.10 Å². The SMILES string of the molecule is COc1ccc([C@H]2Oc3ccc(C)cc3C3=C2[C@@H](c2ccc(F)cc2)n2ncnc2N3)c(OC)c1. The molecule has 3 heterocycles. The molecule has 6 rings (SSSR count). The Labute approximate surface area is 201 Å². The van der Waals surface area contributed by atoms with E-state index in [2.05, 4.69) is 21.5 Å². The minimum Gasteiger partial charge on any atom is -0.497 e. The van der Waals surface area contributed by atoms with E-state index in [0.717, 1.165) is 39.3 Å². The van der Waals surface area contributed by atoms with Crippen LogP contribution in [0.3, 0.4) is 0 Å². The Bertz CT molecular complexity index is 1460. The van der Waals surface area contributed by atoms with E-state index in [1.807, 2.05) is 37.3 Å². The van der Waals surface area contributed by atoms with Crippen molar-refractivity contribution in [2.75, 3.05) is 19.5 Å². The molecule has 7 nitrogen and oxygen atoms in total. The molecule has 0 bridgehead atoms. The van der Waals surface area contributed by atoms with Crippen molar-refractivity contribution in [1.29, 1.82) is 0 Å². The monoisotopic (exact) mass is 470 g/mol. The average Bonchev–Trinajstić information content (AvgIpc) is 3.36. The average molecular weight is 471 g/mol. The van der Waals surface area contributed by atoms with Crippen molar-refractivity contribution in [3.05, 3.63) is 101 Å². The fourth-order valence-electron chi connectivity index (χ4n) is 4.84. The third-order valence-electron chi connectivity index (χ3n) is 6.48. The summed E-state index contributed by atoms with van der Waals surface area (Å²) in [6.07, 6.45) is 0.999. The molecule has 3 aromatic carbocycles. The molecule has 0 unspecified atom stereocenters. The number of aryl methyl sites for hydroxylation is 1. The molecule has 1 aromatic heterocycles. The lowest BCUT2D eigenvalue weighted by atomic mass is 9.84. The van der Waals surface area contributed by atoms with Gasteiger partial charge in [0.1, 0.15) is 35.4 Å². The molecule has 0 fully saturated rings. The van der Waals surface area contributed by atoms with Crippen LogP contribution in [0.4, 0.5) is 10.3 Å². The van der Waals surface area contributed by atoms with Gasteiger partial charge in [-0.3, -0.25) is 0 Å². The first kappa shape index (κ1) is 21.2. The van der Waals surface area contributed by atoms with Gasteiger partial charge < -0.3 is 19.5 Å². The van der Waals surface area contributed by atoms with Crippen LogP contribution >= 0.6 is 0 Å². The second-order valence-electron chi connectivity index (χ2n) is 8.54. The normalized spacial score (nSPS) is 18.1. The highest BCUT2D eigenvalue weighted by Crippen LogP contribution is 2.52. The molecule has 0 saturated heterocycles. The smallest absolute Gasteiger partial charge is 0.226 e. The predicted molar refractivity (Wildman–Crippen MR) is 129 cm³/mol. The number of nitrogens with one attached hydrogen (secondary N) is 1. The Balaban J connectivity index is 1.63. The molecule has 35 heavy (non-hydrogen) atoms. The number of rotatable bonds is 4. The second-order valence-corrected chi connectivity index (χ2v) is 8.54. The van der Waals surface area contributed by atoms with Gasteiger partial charge in [-0.1, -0.05) is 23.8 Å². The van der Waals surface area contributed by atoms with Crippen LogP contribution in [-0.4, -0.2) is 29.0 Å². The van der Waals surface area contributed by atoms with Crippen molar-refractivity contribution in [2.24, 2.45) is 0 Å². The maximum Gasteiger partial charge on any atom is 0.226 e. The molecule has 2 atom stereocenters. The van der Waals surface area contributed by atoms with Crippen LogP contribution < -0.4 is 19.5 Å². The highest BCUT2D eigenvalue weighted by atomic mass is 19.1. The molecule has 8 heteroatoms. The maximum absolute atomic E-state index is 13.9. The number of hydrogen-bond donors (Lipinski definition) is 1. The summed E-state index contributed by atoms with van der Waals surface area (Å²) in [7, 11) is 3.24. The summed E-state index contributed by atoms with van der Waals surface area (Å²) in [5.74, 6) is 2.37. The van der Waals surface area contributed by atoms with Crippen molar-refractivity contribution in [3.63, 3.8) is 0 Å². The minimum atomic E-state index is -0.513. The highest BCUT2D eigenvalue weighted by Gasteiger charge is 2.42. The van der Waals surface area contributed by atoms with Crippen LogP contribution in [0.2, 0.25) is 0 Å². The number of nitrogens with zero attached hydrogens (tertiary/aromatic N) is 3. The first-order valence-electron chi connectivity index (χ1n) is 11.2. The maximum atomic E-state index is 13.9. The van der Waals surface area contributed by atoms with E-state index in [1.54, 1.807) is 31.0 Å². The number of hydrogen-bond acceptors (Lipinski definition) is 6. The number of fused-ring (bicyclic) bond motifs is 3. The Morgan fingerprint density at radius 2 is 1.83 bits per heavy atom. The standard InChI is InChI=1S/C27H23FN4O3/c1-15-4-11-21-20(12-15)24-23(26(35-21)19-10-9-18(33-2)13-22(19)34-3)25(16-5-7-17(28)8-6-16)32-27(31-24)29-14-30-32/h4-14,25-26H,1-3H3,(H,29,30,31)/t25-,26-/m1/s1. The summed E-state index contributed by atoms with van der Waals surface area (Å²) in [6.45, 7) is 2.04. The molecule has 0 amide bonds. The van der Waals surface area contributed by atoms with E-state index >= 15 is 0 Å². The molecule has 176 valence electrons. The van der Waals surface area contributed by atoms with Crippen molar-refractivity contribution in [3.8, 4) is 17.2 Å². The van der Waals surface area contributed by atoms with E-state index in [-0.39, 0.29) is 11.9 Å². The Kier molecular flexibility index (Phi) is 4.95. The first-order chi connectivity index (χ1) is 17.1. The van der Waals surface area contributed by atoms with Crippen LogP contribution in [0.1, 0.15) is 34.4 Å². The van der Waals surface area contributed by atoms with Crippen LogP contribution in [0.5, 0.6) is 17.2 Å². The predicted octanol–water partition coefficient (Wildman–Crippen LogP) is 5.30. The van der Waals surface area contributed by atoms with Gasteiger partial charge in [-0.05, 0) is 48.9 Å². The van der Waals surface area contributed by atoms with Crippen molar-refractivity contribution in [1.82, 2.24) is 14.8 Å². The van der Waals surface area contributed by atoms with Crippen molar-refractivity contribution >= 4 is 11.6 Å². The molecule has 4 aromatic rings. The zero-order valence-electron chi connectivity index (χ0n) is 19.4. The Hall–Kier alpha value is -4.33. The molecular formula is C27H23FN4O3. The summed E-state index contributed by atoms with van der Waals surface area (Å²) in [6, 6.07) is 17.8. The second kappa shape index (κ2) is 8.16. The summed E-state index contributed by atoms with van der Waals surface area (Å²) in [5, 5.41) is 7.99. The number of methoxy groups -OCH3 is 2. The number of anilines is 1. The molecular weight excluding hydrogens is 447 g/mol. The van der Waals surface area contributed by atoms with E-state index in [0.29, 0.717) is 17.4 Å². The summed E-state index contributed by atoms with van der Waals surface area (Å²) in [5.41, 5.74) is 5.56. The topological polar surface area (TPSA) is 70.4 Å². The molecule has 0 radical (unpaired) electrons. The van der Waals surface area contributed by atoms with Crippen molar-refractivity contribution < 1.29 is 18.6 Å². The van der Waals surface area contributed by atoms with E-state index in [1.165, 1.54) is 18.5 Å².